The lowest BCUT2D eigenvalue weighted by Crippen LogP contribution is -2.55. The number of nitrogens with zero attached hydrogens (tertiary/aromatic N) is 3. The Morgan fingerprint density at radius 2 is 2.20 bits per heavy atom. The molecule has 1 aromatic heterocycles. The third-order valence-corrected chi connectivity index (χ3v) is 4.52. The Morgan fingerprint density at radius 3 is 2.88 bits per heavy atom. The van der Waals surface area contributed by atoms with E-state index in [2.05, 4.69) is 15.3 Å². The Bertz CT molecular complexity index is 784. The number of likely N-dealkylation sites (N-methyl/N-ethyl adjacent to an activating group) is 1. The van der Waals surface area contributed by atoms with E-state index in [1.807, 2.05) is 0 Å². The Morgan fingerprint density at radius 1 is 1.36 bits per heavy atom. The highest BCUT2D eigenvalue weighted by Gasteiger charge is 2.51. The van der Waals surface area contributed by atoms with Crippen LogP contribution in [0.5, 0.6) is 0 Å². The molecule has 2 aromatic rings. The van der Waals surface area contributed by atoms with Crippen LogP contribution in [0.15, 0.2) is 42.9 Å². The van der Waals surface area contributed by atoms with Crippen molar-refractivity contribution in [3.05, 3.63) is 59.9 Å². The molecule has 3 rings (SSSR count). The molecule has 1 saturated heterocycles. The average molecular weight is 342 g/mol. The molecule has 7 heteroatoms. The summed E-state index contributed by atoms with van der Waals surface area (Å²) in [5.74, 6) is -0.923. The zero-order valence-corrected chi connectivity index (χ0v) is 13.9. The molecule has 0 aliphatic carbocycles. The second-order valence-electron chi connectivity index (χ2n) is 5.99. The number of likely N-dealkylation sites (tertiary alicyclic amines) is 1. The summed E-state index contributed by atoms with van der Waals surface area (Å²) in [4.78, 5) is 35.5. The molecule has 6 nitrogen and oxygen atoms in total. The molecule has 1 aliphatic rings. The van der Waals surface area contributed by atoms with Crippen LogP contribution in [0.1, 0.15) is 24.1 Å². The minimum Gasteiger partial charge on any atom is -0.357 e. The monoisotopic (exact) mass is 342 g/mol. The van der Waals surface area contributed by atoms with Crippen molar-refractivity contribution in [2.75, 3.05) is 13.6 Å². The third-order valence-electron chi connectivity index (χ3n) is 4.52. The van der Waals surface area contributed by atoms with Crippen molar-refractivity contribution < 1.29 is 14.0 Å². The first-order valence-electron chi connectivity index (χ1n) is 8.11. The number of halogens is 1. The molecular formula is C18H19FN4O2. The summed E-state index contributed by atoms with van der Waals surface area (Å²) in [6, 6.07) is 5.92. The summed E-state index contributed by atoms with van der Waals surface area (Å²) in [6.45, 7) is 0.443. The molecule has 1 atom stereocenters. The van der Waals surface area contributed by atoms with Gasteiger partial charge in [0.15, 0.2) is 5.54 Å². The van der Waals surface area contributed by atoms with Crippen LogP contribution in [0.2, 0.25) is 0 Å². The van der Waals surface area contributed by atoms with Gasteiger partial charge in [-0.2, -0.15) is 0 Å². The standard InChI is InChI=1S/C18H19FN4O2/c1-20-17(25)18(15-12-21-7-8-22-15)6-3-9-23(18)16(24)11-13-4-2-5-14(19)10-13/h2,4-5,7-8,10,12H,3,6,9,11H2,1H3,(H,20,25). The number of carbonyl (C=O) groups is 2. The van der Waals surface area contributed by atoms with Crippen molar-refractivity contribution in [3.63, 3.8) is 0 Å². The Balaban J connectivity index is 1.95. The Labute approximate surface area is 145 Å². The molecule has 1 aromatic carbocycles. The summed E-state index contributed by atoms with van der Waals surface area (Å²) in [5, 5.41) is 2.64. The zero-order valence-electron chi connectivity index (χ0n) is 13.9. The van der Waals surface area contributed by atoms with Crippen LogP contribution in [0.4, 0.5) is 4.39 Å². The molecule has 25 heavy (non-hydrogen) atoms. The summed E-state index contributed by atoms with van der Waals surface area (Å²) in [5.41, 5.74) is -0.158. The number of amides is 2. The van der Waals surface area contributed by atoms with Gasteiger partial charge in [0, 0.05) is 26.0 Å². The van der Waals surface area contributed by atoms with Crippen molar-refractivity contribution >= 4 is 11.8 Å². The maximum absolute atomic E-state index is 13.4. The second-order valence-corrected chi connectivity index (χ2v) is 5.99. The number of hydrogen-bond acceptors (Lipinski definition) is 4. The lowest BCUT2D eigenvalue weighted by Gasteiger charge is -2.36. The first kappa shape index (κ1) is 17.0. The predicted molar refractivity (Wildman–Crippen MR) is 88.8 cm³/mol. The Kier molecular flexibility index (Phi) is 4.74. The molecule has 2 heterocycles. The molecule has 0 spiro atoms. The highest BCUT2D eigenvalue weighted by atomic mass is 19.1. The van der Waals surface area contributed by atoms with E-state index in [1.165, 1.54) is 37.8 Å². The number of rotatable bonds is 4. The number of hydrogen-bond donors (Lipinski definition) is 1. The zero-order chi connectivity index (χ0) is 17.9. The van der Waals surface area contributed by atoms with Gasteiger partial charge in [-0.05, 0) is 30.5 Å². The van der Waals surface area contributed by atoms with Crippen LogP contribution in [-0.4, -0.2) is 40.3 Å². The number of aromatic nitrogens is 2. The van der Waals surface area contributed by atoms with Crippen molar-refractivity contribution in [2.24, 2.45) is 0 Å². The molecule has 0 saturated carbocycles. The largest absolute Gasteiger partial charge is 0.357 e. The minimum absolute atomic E-state index is 0.0246. The molecule has 0 radical (unpaired) electrons. The quantitative estimate of drug-likeness (QED) is 0.912. The average Bonchev–Trinajstić information content (AvgIpc) is 3.08. The summed E-state index contributed by atoms with van der Waals surface area (Å²) >= 11 is 0. The van der Waals surface area contributed by atoms with E-state index in [0.29, 0.717) is 30.6 Å². The molecule has 1 aliphatic heterocycles. The number of carbonyl (C=O) groups excluding carboxylic acids is 2. The van der Waals surface area contributed by atoms with Crippen LogP contribution in [0, 0.1) is 5.82 Å². The fraction of sp³-hybridized carbons (Fsp3) is 0.333. The maximum atomic E-state index is 13.4. The highest BCUT2D eigenvalue weighted by molar-refractivity contribution is 5.93. The number of nitrogens with one attached hydrogen (secondary N) is 1. The highest BCUT2D eigenvalue weighted by Crippen LogP contribution is 2.38. The molecule has 1 fully saturated rings. The summed E-state index contributed by atoms with van der Waals surface area (Å²) < 4.78 is 13.4. The van der Waals surface area contributed by atoms with Gasteiger partial charge in [0.1, 0.15) is 5.82 Å². The topological polar surface area (TPSA) is 75.2 Å². The van der Waals surface area contributed by atoms with Crippen LogP contribution >= 0.6 is 0 Å². The van der Waals surface area contributed by atoms with Gasteiger partial charge in [-0.3, -0.25) is 19.6 Å². The normalized spacial score (nSPS) is 19.7. The van der Waals surface area contributed by atoms with Crippen molar-refractivity contribution in [1.82, 2.24) is 20.2 Å². The minimum atomic E-state index is -1.17. The van der Waals surface area contributed by atoms with Crippen molar-refractivity contribution in [1.29, 1.82) is 0 Å². The van der Waals surface area contributed by atoms with E-state index in [1.54, 1.807) is 17.0 Å². The molecule has 1 unspecified atom stereocenters. The first-order valence-corrected chi connectivity index (χ1v) is 8.11. The van der Waals surface area contributed by atoms with E-state index in [9.17, 15) is 14.0 Å². The molecule has 1 N–H and O–H groups in total. The van der Waals surface area contributed by atoms with Gasteiger partial charge in [0.05, 0.1) is 18.3 Å². The van der Waals surface area contributed by atoms with Gasteiger partial charge in [-0.25, -0.2) is 4.39 Å². The van der Waals surface area contributed by atoms with Crippen LogP contribution in [0.25, 0.3) is 0 Å². The van der Waals surface area contributed by atoms with Gasteiger partial charge >= 0.3 is 0 Å². The third kappa shape index (κ3) is 3.09. The van der Waals surface area contributed by atoms with Gasteiger partial charge in [0.25, 0.3) is 5.91 Å². The molecule has 0 bridgehead atoms. The summed E-state index contributed by atoms with van der Waals surface area (Å²) in [7, 11) is 1.54. The van der Waals surface area contributed by atoms with E-state index in [4.69, 9.17) is 0 Å². The van der Waals surface area contributed by atoms with Crippen LogP contribution < -0.4 is 5.32 Å². The molecule has 130 valence electrons. The number of benzene rings is 1. The van der Waals surface area contributed by atoms with Gasteiger partial charge in [-0.15, -0.1) is 0 Å². The van der Waals surface area contributed by atoms with Gasteiger partial charge < -0.3 is 10.2 Å². The lowest BCUT2D eigenvalue weighted by molar-refractivity contribution is -0.145. The Hall–Kier alpha value is -2.83. The second kappa shape index (κ2) is 6.96. The fourth-order valence-electron chi connectivity index (χ4n) is 3.41. The van der Waals surface area contributed by atoms with E-state index < -0.39 is 11.4 Å². The SMILES string of the molecule is CNC(=O)C1(c2cnccn2)CCCN1C(=O)Cc1cccc(F)c1. The lowest BCUT2D eigenvalue weighted by atomic mass is 9.90. The smallest absolute Gasteiger partial charge is 0.252 e. The van der Waals surface area contributed by atoms with E-state index in [-0.39, 0.29) is 18.2 Å². The molecule has 2 amide bonds. The van der Waals surface area contributed by atoms with Crippen molar-refractivity contribution in [3.8, 4) is 0 Å². The first-order chi connectivity index (χ1) is 12.1. The van der Waals surface area contributed by atoms with E-state index >= 15 is 0 Å². The van der Waals surface area contributed by atoms with Gasteiger partial charge in [-0.1, -0.05) is 12.1 Å². The van der Waals surface area contributed by atoms with Crippen molar-refractivity contribution in [2.45, 2.75) is 24.8 Å². The van der Waals surface area contributed by atoms with Crippen LogP contribution in [-0.2, 0) is 21.5 Å². The maximum Gasteiger partial charge on any atom is 0.252 e. The molecular weight excluding hydrogens is 323 g/mol. The summed E-state index contributed by atoms with van der Waals surface area (Å²) in [6.07, 6.45) is 5.72. The fourth-order valence-corrected chi connectivity index (χ4v) is 3.41. The van der Waals surface area contributed by atoms with Gasteiger partial charge in [0.2, 0.25) is 5.91 Å². The predicted octanol–water partition coefficient (Wildman–Crippen LogP) is 1.42. The van der Waals surface area contributed by atoms with Crippen LogP contribution in [0.3, 0.4) is 0 Å². The van der Waals surface area contributed by atoms with E-state index in [0.717, 1.165) is 0 Å².